The molecule has 10 aromatic carbocycles. The third-order valence-corrected chi connectivity index (χ3v) is 12.4. The molecule has 0 N–H and O–H groups in total. The van der Waals surface area contributed by atoms with E-state index in [1.54, 1.807) is 0 Å². The molecule has 64 heavy (non-hydrogen) atoms. The largest absolute Gasteiger partial charge is 0.311 e. The van der Waals surface area contributed by atoms with Crippen LogP contribution in [0.4, 0.5) is 28.4 Å². The summed E-state index contributed by atoms with van der Waals surface area (Å²) < 4.78 is 0. The molecule has 304 valence electrons. The molecule has 1 aliphatic carbocycles. The SMILES string of the molecule is C1=CC(N(c2ccccc2)c2ccc3c(-c4ccc(-c5ccccc5)cc4)c4cc(N(c5ccccc5)c5ccccc5)ccc4c(-c4ccc(-c5ccccc5)cc4)c3c2)=CCC1. The Hall–Kier alpha value is -8.20. The number of nitrogens with zero attached hydrogens (tertiary/aromatic N) is 2. The van der Waals surface area contributed by atoms with Crippen molar-refractivity contribution in [3.05, 3.63) is 261 Å². The Morgan fingerprint density at radius 1 is 0.266 bits per heavy atom. The summed E-state index contributed by atoms with van der Waals surface area (Å²) in [6.45, 7) is 0. The molecule has 0 atom stereocenters. The fourth-order valence-electron chi connectivity index (χ4n) is 9.42. The smallest absolute Gasteiger partial charge is 0.0468 e. The first kappa shape index (κ1) is 38.7. The van der Waals surface area contributed by atoms with Crippen LogP contribution in [0.3, 0.4) is 0 Å². The van der Waals surface area contributed by atoms with Crippen molar-refractivity contribution in [1.29, 1.82) is 0 Å². The van der Waals surface area contributed by atoms with Crippen molar-refractivity contribution in [2.75, 3.05) is 9.80 Å². The minimum absolute atomic E-state index is 1.01. The van der Waals surface area contributed by atoms with Gasteiger partial charge in [-0.25, -0.2) is 0 Å². The van der Waals surface area contributed by atoms with E-state index < -0.39 is 0 Å². The van der Waals surface area contributed by atoms with Crippen molar-refractivity contribution in [2.24, 2.45) is 0 Å². The number of fused-ring (bicyclic) bond motifs is 2. The van der Waals surface area contributed by atoms with E-state index in [-0.39, 0.29) is 0 Å². The highest BCUT2D eigenvalue weighted by Gasteiger charge is 2.23. The number of benzene rings is 10. The van der Waals surface area contributed by atoms with E-state index in [0.717, 1.165) is 41.3 Å². The minimum atomic E-state index is 1.01. The van der Waals surface area contributed by atoms with Gasteiger partial charge in [-0.1, -0.05) is 188 Å². The molecule has 0 aromatic heterocycles. The monoisotopic (exact) mass is 818 g/mol. The van der Waals surface area contributed by atoms with Crippen LogP contribution in [0.1, 0.15) is 12.8 Å². The maximum Gasteiger partial charge on any atom is 0.0468 e. The Morgan fingerprint density at radius 3 is 1.03 bits per heavy atom. The molecule has 2 nitrogen and oxygen atoms in total. The zero-order valence-corrected chi connectivity index (χ0v) is 35.6. The van der Waals surface area contributed by atoms with Crippen molar-refractivity contribution < 1.29 is 0 Å². The lowest BCUT2D eigenvalue weighted by molar-refractivity contribution is 0.997. The summed E-state index contributed by atoms with van der Waals surface area (Å²) in [7, 11) is 0. The first-order valence-corrected chi connectivity index (χ1v) is 22.2. The van der Waals surface area contributed by atoms with Crippen LogP contribution in [0.25, 0.3) is 66.1 Å². The molecule has 0 radical (unpaired) electrons. The van der Waals surface area contributed by atoms with Crippen LogP contribution < -0.4 is 9.80 Å². The average Bonchev–Trinajstić information content (AvgIpc) is 3.38. The Bertz CT molecular complexity index is 3230. The molecule has 10 aromatic rings. The molecular weight excluding hydrogens is 773 g/mol. The summed E-state index contributed by atoms with van der Waals surface area (Å²) in [6.07, 6.45) is 9.01. The van der Waals surface area contributed by atoms with Gasteiger partial charge in [0.05, 0.1) is 0 Å². The molecule has 0 saturated heterocycles. The molecule has 0 amide bonds. The first-order chi connectivity index (χ1) is 31.8. The molecule has 0 aliphatic heterocycles. The second-order valence-electron chi connectivity index (χ2n) is 16.4. The number of para-hydroxylation sites is 3. The molecule has 0 bridgehead atoms. The lowest BCUT2D eigenvalue weighted by Crippen LogP contribution is -2.16. The summed E-state index contributed by atoms with van der Waals surface area (Å²) in [5.74, 6) is 0. The third kappa shape index (κ3) is 7.46. The normalized spacial score (nSPS) is 12.3. The van der Waals surface area contributed by atoms with Gasteiger partial charge in [-0.2, -0.15) is 0 Å². The number of hydrogen-bond donors (Lipinski definition) is 0. The van der Waals surface area contributed by atoms with Crippen molar-refractivity contribution in [2.45, 2.75) is 12.8 Å². The van der Waals surface area contributed by atoms with Gasteiger partial charge in [0.2, 0.25) is 0 Å². The highest BCUT2D eigenvalue weighted by molar-refractivity contribution is 6.22. The Balaban J connectivity index is 1.21. The number of hydrogen-bond acceptors (Lipinski definition) is 2. The fourth-order valence-corrected chi connectivity index (χ4v) is 9.42. The van der Waals surface area contributed by atoms with Gasteiger partial charge in [0, 0.05) is 34.1 Å². The van der Waals surface area contributed by atoms with Crippen LogP contribution in [0.5, 0.6) is 0 Å². The van der Waals surface area contributed by atoms with Gasteiger partial charge >= 0.3 is 0 Å². The summed E-state index contributed by atoms with van der Waals surface area (Å²) in [5, 5.41) is 4.81. The molecule has 2 heteroatoms. The third-order valence-electron chi connectivity index (χ3n) is 12.4. The lowest BCUT2D eigenvalue weighted by Gasteiger charge is -2.29. The molecule has 0 saturated carbocycles. The quantitative estimate of drug-likeness (QED) is 0.127. The van der Waals surface area contributed by atoms with Gasteiger partial charge in [-0.05, 0) is 146 Å². The predicted molar refractivity (Wildman–Crippen MR) is 273 cm³/mol. The Labute approximate surface area is 376 Å². The maximum atomic E-state index is 2.43. The molecule has 0 fully saturated rings. The van der Waals surface area contributed by atoms with E-state index in [1.807, 2.05) is 0 Å². The van der Waals surface area contributed by atoms with E-state index >= 15 is 0 Å². The van der Waals surface area contributed by atoms with Gasteiger partial charge in [0.15, 0.2) is 0 Å². The second-order valence-corrected chi connectivity index (χ2v) is 16.4. The fraction of sp³-hybridized carbons (Fsp3) is 0.0323. The zero-order valence-electron chi connectivity index (χ0n) is 35.6. The molecule has 11 rings (SSSR count). The van der Waals surface area contributed by atoms with Gasteiger partial charge in [-0.15, -0.1) is 0 Å². The summed E-state index contributed by atoms with van der Waals surface area (Å²) in [4.78, 5) is 4.78. The standard InChI is InChI=1S/C62H46N2/c1-7-19-45(20-8-1)47-31-35-49(36-32-47)61-57-41-39-56(64(53-27-15-5-16-28-53)54-29-17-6-18-30-54)44-60(57)62(50-37-33-48(34-38-50)46-21-9-2-10-22-46)58-42-40-55(43-59(58)61)63(51-23-11-3-12-24-51)52-25-13-4-14-26-52/h1-5,7-17,19-44H,6,18H2. The molecule has 1 aliphatic rings. The van der Waals surface area contributed by atoms with Crippen LogP contribution in [0, 0.1) is 0 Å². The van der Waals surface area contributed by atoms with E-state index in [1.165, 1.54) is 71.7 Å². The van der Waals surface area contributed by atoms with Crippen LogP contribution in [-0.4, -0.2) is 0 Å². The van der Waals surface area contributed by atoms with Gasteiger partial charge in [-0.3, -0.25) is 0 Å². The molecule has 0 heterocycles. The maximum absolute atomic E-state index is 2.43. The van der Waals surface area contributed by atoms with E-state index in [4.69, 9.17) is 0 Å². The van der Waals surface area contributed by atoms with Gasteiger partial charge in [0.1, 0.15) is 0 Å². The summed E-state index contributed by atoms with van der Waals surface area (Å²) >= 11 is 0. The van der Waals surface area contributed by atoms with Crippen molar-refractivity contribution in [1.82, 2.24) is 0 Å². The molecule has 0 unspecified atom stereocenters. The number of allylic oxidation sites excluding steroid dienone is 3. The summed E-state index contributed by atoms with van der Waals surface area (Å²) in [6, 6.07) is 86.0. The predicted octanol–water partition coefficient (Wildman–Crippen LogP) is 17.5. The molecular formula is C62H46N2. The lowest BCUT2D eigenvalue weighted by atomic mass is 9.84. The number of rotatable bonds is 10. The van der Waals surface area contributed by atoms with Gasteiger partial charge in [0.25, 0.3) is 0 Å². The van der Waals surface area contributed by atoms with Crippen molar-refractivity contribution in [3.63, 3.8) is 0 Å². The van der Waals surface area contributed by atoms with Crippen LogP contribution in [0.15, 0.2) is 261 Å². The highest BCUT2D eigenvalue weighted by Crippen LogP contribution is 2.48. The van der Waals surface area contributed by atoms with Crippen molar-refractivity contribution >= 4 is 50.0 Å². The Morgan fingerprint density at radius 2 is 0.625 bits per heavy atom. The van der Waals surface area contributed by atoms with E-state index in [9.17, 15) is 0 Å². The van der Waals surface area contributed by atoms with Gasteiger partial charge < -0.3 is 9.80 Å². The van der Waals surface area contributed by atoms with Crippen LogP contribution in [-0.2, 0) is 0 Å². The first-order valence-electron chi connectivity index (χ1n) is 22.2. The number of anilines is 5. The van der Waals surface area contributed by atoms with Crippen molar-refractivity contribution in [3.8, 4) is 44.5 Å². The zero-order chi connectivity index (χ0) is 42.7. The van der Waals surface area contributed by atoms with E-state index in [2.05, 4.69) is 265 Å². The Kier molecular flexibility index (Phi) is 10.5. The average molecular weight is 819 g/mol. The second kappa shape index (κ2) is 17.3. The van der Waals surface area contributed by atoms with Crippen LogP contribution in [0.2, 0.25) is 0 Å². The summed E-state index contributed by atoms with van der Waals surface area (Å²) in [5.41, 5.74) is 16.4. The molecule has 0 spiro atoms. The topological polar surface area (TPSA) is 6.48 Å². The van der Waals surface area contributed by atoms with Crippen LogP contribution >= 0.6 is 0 Å². The highest BCUT2D eigenvalue weighted by atomic mass is 15.1. The minimum Gasteiger partial charge on any atom is -0.311 e. The van der Waals surface area contributed by atoms with E-state index in [0.29, 0.717) is 0 Å².